The van der Waals surface area contributed by atoms with Gasteiger partial charge in [0.15, 0.2) is 0 Å². The van der Waals surface area contributed by atoms with Gasteiger partial charge in [0.05, 0.1) is 18.0 Å². The number of pyridine rings is 2. The second-order valence-corrected chi connectivity index (χ2v) is 10.1. The molecule has 0 saturated heterocycles. The minimum atomic E-state index is -0.361. The first-order chi connectivity index (χ1) is 17.1. The van der Waals surface area contributed by atoms with Crippen LogP contribution in [0.15, 0.2) is 71.2 Å². The standard InChI is InChI=1S/C31H28BrN2O.Ir/c1-3-21(2)20-35-31-29-14-6-12-27(33-29)24-11-5-9-22(16-24)8-4-10-23-17-25(19-26(32)18-23)28-13-7-15-30(31)34-28;/h4-7,9,11-15,18-19,21,31H,3,8,10,20H2,1-2H3;/q-2;. The number of hydrogen-bond acceptors (Lipinski definition) is 3. The average molecular weight is 717 g/mol. The summed E-state index contributed by atoms with van der Waals surface area (Å²) >= 11 is 3.68. The van der Waals surface area contributed by atoms with Crippen LogP contribution in [0.25, 0.3) is 22.5 Å². The molecule has 0 amide bonds. The van der Waals surface area contributed by atoms with Crippen molar-refractivity contribution >= 4 is 15.9 Å². The van der Waals surface area contributed by atoms with Crippen molar-refractivity contribution in [2.45, 2.75) is 39.2 Å². The maximum Gasteiger partial charge on any atom is 0.139 e. The number of aromatic nitrogens is 2. The fraction of sp³-hybridized carbons (Fsp3) is 0.258. The molecule has 8 bridgehead atoms. The Morgan fingerprint density at radius 2 is 1.53 bits per heavy atom. The molecular weight excluding hydrogens is 688 g/mol. The van der Waals surface area contributed by atoms with E-state index in [0.717, 1.165) is 68.8 Å². The Bertz CT molecular complexity index is 1330. The number of nitrogens with zero attached hydrogens (tertiary/aromatic N) is 2. The molecule has 1 aliphatic heterocycles. The molecule has 2 radical (unpaired) electrons. The Labute approximate surface area is 236 Å². The number of hydrogen-bond donors (Lipinski definition) is 0. The van der Waals surface area contributed by atoms with Gasteiger partial charge < -0.3 is 4.74 Å². The van der Waals surface area contributed by atoms with E-state index in [4.69, 9.17) is 14.7 Å². The monoisotopic (exact) mass is 716 g/mol. The van der Waals surface area contributed by atoms with Crippen LogP contribution in [0.1, 0.15) is 48.9 Å². The van der Waals surface area contributed by atoms with Crippen molar-refractivity contribution in [3.8, 4) is 22.5 Å². The molecule has 36 heavy (non-hydrogen) atoms. The summed E-state index contributed by atoms with van der Waals surface area (Å²) in [4.78, 5) is 10.1. The zero-order chi connectivity index (χ0) is 24.2. The summed E-state index contributed by atoms with van der Waals surface area (Å²) in [5.41, 5.74) is 7.70. The minimum Gasteiger partial charge on any atom is -0.365 e. The van der Waals surface area contributed by atoms with Gasteiger partial charge in [-0.15, -0.1) is 64.7 Å². The van der Waals surface area contributed by atoms with E-state index in [2.05, 4.69) is 78.7 Å². The van der Waals surface area contributed by atoms with Gasteiger partial charge in [0.25, 0.3) is 0 Å². The first-order valence-electron chi connectivity index (χ1n) is 12.2. The average Bonchev–Trinajstić information content (AvgIpc) is 2.88. The SMILES string of the molecule is CCC(C)COC1c2cccc(n2)-c2[c-]c(ccc2)C[CH]Cc2[c-]c(cc(Br)c2)-c2cccc1n2.[Ir]. The van der Waals surface area contributed by atoms with Gasteiger partial charge in [0.1, 0.15) is 6.10 Å². The predicted octanol–water partition coefficient (Wildman–Crippen LogP) is 7.63. The molecule has 0 N–H and O–H groups in total. The van der Waals surface area contributed by atoms with E-state index in [9.17, 15) is 0 Å². The Morgan fingerprint density at radius 3 is 2.25 bits per heavy atom. The van der Waals surface area contributed by atoms with Crippen LogP contribution in [0, 0.1) is 24.5 Å². The maximum atomic E-state index is 6.49. The second kappa shape index (κ2) is 12.4. The van der Waals surface area contributed by atoms with Crippen molar-refractivity contribution < 1.29 is 24.8 Å². The second-order valence-electron chi connectivity index (χ2n) is 9.15. The molecule has 2 aromatic carbocycles. The summed E-state index contributed by atoms with van der Waals surface area (Å²) in [6, 6.07) is 29.8. The third-order valence-electron chi connectivity index (χ3n) is 6.35. The number of ether oxygens (including phenoxy) is 1. The zero-order valence-electron chi connectivity index (χ0n) is 20.4. The van der Waals surface area contributed by atoms with Gasteiger partial charge in [-0.1, -0.05) is 64.9 Å². The van der Waals surface area contributed by atoms with E-state index in [1.165, 1.54) is 0 Å². The molecule has 3 nitrogen and oxygen atoms in total. The van der Waals surface area contributed by atoms with E-state index in [1.54, 1.807) is 0 Å². The van der Waals surface area contributed by atoms with Gasteiger partial charge in [0.2, 0.25) is 0 Å². The molecule has 2 aromatic heterocycles. The Morgan fingerprint density at radius 1 is 0.889 bits per heavy atom. The molecule has 4 aromatic rings. The third-order valence-corrected chi connectivity index (χ3v) is 6.81. The molecular formula is C31H28BrIrN2O-2. The van der Waals surface area contributed by atoms with Crippen molar-refractivity contribution in [3.05, 3.63) is 112 Å². The van der Waals surface area contributed by atoms with Crippen LogP contribution in [0.3, 0.4) is 0 Å². The molecule has 1 aliphatic rings. The van der Waals surface area contributed by atoms with Crippen molar-refractivity contribution in [2.24, 2.45) is 5.92 Å². The van der Waals surface area contributed by atoms with Gasteiger partial charge in [-0.25, -0.2) is 0 Å². The molecule has 2 atom stereocenters. The summed E-state index contributed by atoms with van der Waals surface area (Å²) < 4.78 is 7.52. The van der Waals surface area contributed by atoms with Gasteiger partial charge >= 0.3 is 0 Å². The van der Waals surface area contributed by atoms with E-state index in [0.29, 0.717) is 12.5 Å². The normalized spacial score (nSPS) is 15.6. The van der Waals surface area contributed by atoms with E-state index >= 15 is 0 Å². The van der Waals surface area contributed by atoms with Crippen LogP contribution in [-0.2, 0) is 37.7 Å². The molecule has 0 spiro atoms. The molecule has 0 saturated carbocycles. The summed E-state index contributed by atoms with van der Waals surface area (Å²) in [5, 5.41) is 0. The predicted molar refractivity (Wildman–Crippen MR) is 144 cm³/mol. The zero-order valence-corrected chi connectivity index (χ0v) is 24.4. The van der Waals surface area contributed by atoms with Gasteiger partial charge in [-0.3, -0.25) is 9.97 Å². The minimum absolute atomic E-state index is 0. The van der Waals surface area contributed by atoms with E-state index < -0.39 is 0 Å². The largest absolute Gasteiger partial charge is 0.365 e. The van der Waals surface area contributed by atoms with Crippen molar-refractivity contribution in [2.75, 3.05) is 6.61 Å². The number of fused-ring (bicyclic) bond motifs is 10. The smallest absolute Gasteiger partial charge is 0.139 e. The van der Waals surface area contributed by atoms with Crippen molar-refractivity contribution in [3.63, 3.8) is 0 Å². The van der Waals surface area contributed by atoms with Gasteiger partial charge in [-0.05, 0) is 48.7 Å². The summed E-state index contributed by atoms with van der Waals surface area (Å²) in [6.07, 6.45) is 4.62. The molecule has 0 aliphatic carbocycles. The van der Waals surface area contributed by atoms with Crippen LogP contribution in [0.2, 0.25) is 0 Å². The summed E-state index contributed by atoms with van der Waals surface area (Å²) in [7, 11) is 0. The molecule has 3 heterocycles. The Kier molecular flexibility index (Phi) is 9.24. The molecule has 5 rings (SSSR count). The van der Waals surface area contributed by atoms with Crippen LogP contribution >= 0.6 is 15.9 Å². The first kappa shape index (κ1) is 26.9. The molecule has 5 heteroatoms. The van der Waals surface area contributed by atoms with Crippen LogP contribution < -0.4 is 0 Å². The first-order valence-corrected chi connectivity index (χ1v) is 13.0. The topological polar surface area (TPSA) is 35.0 Å². The number of halogens is 1. The fourth-order valence-electron chi connectivity index (χ4n) is 4.20. The molecule has 0 fully saturated rings. The van der Waals surface area contributed by atoms with Crippen LogP contribution in [-0.4, -0.2) is 16.6 Å². The van der Waals surface area contributed by atoms with Crippen molar-refractivity contribution in [1.29, 1.82) is 0 Å². The number of rotatable bonds is 4. The van der Waals surface area contributed by atoms with Gasteiger partial charge in [0, 0.05) is 20.1 Å². The van der Waals surface area contributed by atoms with Crippen LogP contribution in [0.4, 0.5) is 0 Å². The quantitative estimate of drug-likeness (QED) is 0.204. The van der Waals surface area contributed by atoms with E-state index in [-0.39, 0.29) is 26.2 Å². The van der Waals surface area contributed by atoms with Crippen LogP contribution in [0.5, 0.6) is 0 Å². The molecule has 186 valence electrons. The molecule has 2 unspecified atom stereocenters. The Hall–Kier alpha value is -2.17. The summed E-state index contributed by atoms with van der Waals surface area (Å²) in [6.45, 7) is 5.04. The fourth-order valence-corrected chi connectivity index (χ4v) is 4.71. The van der Waals surface area contributed by atoms with Gasteiger partial charge in [-0.2, -0.15) is 0 Å². The van der Waals surface area contributed by atoms with E-state index in [1.807, 2.05) is 36.4 Å². The summed E-state index contributed by atoms with van der Waals surface area (Å²) in [5.74, 6) is 0.448. The maximum absolute atomic E-state index is 6.49. The van der Waals surface area contributed by atoms with Crippen molar-refractivity contribution in [1.82, 2.24) is 9.97 Å². The Balaban J connectivity index is 0.00000304. The number of benzene rings is 2. The third kappa shape index (κ3) is 6.39.